The molecule has 1 aliphatic carbocycles. The van der Waals surface area contributed by atoms with Gasteiger partial charge in [-0.1, -0.05) is 6.42 Å². The van der Waals surface area contributed by atoms with Crippen LogP contribution in [-0.4, -0.2) is 42.0 Å². The summed E-state index contributed by atoms with van der Waals surface area (Å²) in [6.45, 7) is 7.05. The summed E-state index contributed by atoms with van der Waals surface area (Å²) < 4.78 is 0. The number of carbonyl (C=O) groups is 1. The Hall–Kier alpha value is -0.610. The van der Waals surface area contributed by atoms with Gasteiger partial charge in [0.15, 0.2) is 0 Å². The summed E-state index contributed by atoms with van der Waals surface area (Å²) in [5.74, 6) is -0.248. The van der Waals surface area contributed by atoms with Crippen LogP contribution in [0.4, 0.5) is 0 Å². The second kappa shape index (κ2) is 6.53. The maximum absolute atomic E-state index is 11.6. The van der Waals surface area contributed by atoms with Crippen molar-refractivity contribution in [2.24, 2.45) is 5.73 Å². The quantitative estimate of drug-likeness (QED) is 0.691. The Labute approximate surface area is 111 Å². The van der Waals surface area contributed by atoms with Crippen molar-refractivity contribution in [2.45, 2.75) is 70.5 Å². The molecule has 4 heteroatoms. The number of rotatable bonds is 8. The van der Waals surface area contributed by atoms with Gasteiger partial charge in [-0.05, 0) is 60.0 Å². The summed E-state index contributed by atoms with van der Waals surface area (Å²) in [4.78, 5) is 14.0. The van der Waals surface area contributed by atoms with Gasteiger partial charge in [-0.2, -0.15) is 0 Å². The molecule has 1 fully saturated rings. The molecule has 4 nitrogen and oxygen atoms in total. The zero-order valence-electron chi connectivity index (χ0n) is 12.3. The minimum Gasteiger partial charge on any atom is -0.368 e. The Morgan fingerprint density at radius 2 is 2.11 bits per heavy atom. The zero-order valence-corrected chi connectivity index (χ0v) is 12.3. The first-order valence-electron chi connectivity index (χ1n) is 7.13. The van der Waals surface area contributed by atoms with Gasteiger partial charge >= 0.3 is 0 Å². The van der Waals surface area contributed by atoms with E-state index < -0.39 is 5.54 Å². The maximum Gasteiger partial charge on any atom is 0.237 e. The van der Waals surface area contributed by atoms with Crippen LogP contribution in [0.25, 0.3) is 0 Å². The van der Waals surface area contributed by atoms with Crippen LogP contribution in [0.1, 0.15) is 52.9 Å². The minimum absolute atomic E-state index is 0.248. The molecule has 0 aromatic carbocycles. The first-order valence-corrected chi connectivity index (χ1v) is 7.13. The average Bonchev–Trinajstić information content (AvgIpc) is 2.12. The number of nitrogens with zero attached hydrogens (tertiary/aromatic N) is 1. The lowest BCUT2D eigenvalue weighted by atomic mass is 9.90. The van der Waals surface area contributed by atoms with Gasteiger partial charge in [0.1, 0.15) is 0 Å². The molecule has 0 spiro atoms. The van der Waals surface area contributed by atoms with Gasteiger partial charge in [-0.15, -0.1) is 0 Å². The van der Waals surface area contributed by atoms with Crippen LogP contribution < -0.4 is 11.1 Å². The molecule has 0 radical (unpaired) electrons. The fraction of sp³-hybridized carbons (Fsp3) is 0.929. The first-order chi connectivity index (χ1) is 8.35. The number of amides is 1. The smallest absolute Gasteiger partial charge is 0.237 e. The molecule has 0 bridgehead atoms. The molecule has 1 unspecified atom stereocenters. The van der Waals surface area contributed by atoms with Crippen molar-refractivity contribution in [3.8, 4) is 0 Å². The summed E-state index contributed by atoms with van der Waals surface area (Å²) in [5.41, 5.74) is 4.94. The molecule has 0 heterocycles. The highest BCUT2D eigenvalue weighted by Crippen LogP contribution is 2.24. The Balaban J connectivity index is 2.34. The topological polar surface area (TPSA) is 58.4 Å². The van der Waals surface area contributed by atoms with Crippen LogP contribution >= 0.6 is 0 Å². The van der Waals surface area contributed by atoms with E-state index in [9.17, 15) is 4.79 Å². The van der Waals surface area contributed by atoms with E-state index in [4.69, 9.17) is 5.73 Å². The Morgan fingerprint density at radius 1 is 1.50 bits per heavy atom. The fourth-order valence-electron chi connectivity index (χ4n) is 2.60. The molecule has 0 saturated heterocycles. The lowest BCUT2D eigenvalue weighted by Gasteiger charge is -2.36. The van der Waals surface area contributed by atoms with E-state index in [2.05, 4.69) is 17.3 Å². The predicted molar refractivity (Wildman–Crippen MR) is 75.4 cm³/mol. The number of nitrogens with one attached hydrogen (secondary N) is 1. The van der Waals surface area contributed by atoms with Crippen LogP contribution in [0.15, 0.2) is 0 Å². The molecular formula is C14H29N3O. The van der Waals surface area contributed by atoms with Gasteiger partial charge in [0.2, 0.25) is 5.91 Å². The predicted octanol–water partition coefficient (Wildman–Crippen LogP) is 1.49. The third kappa shape index (κ3) is 4.25. The molecule has 0 aromatic heterocycles. The van der Waals surface area contributed by atoms with E-state index in [1.165, 1.54) is 19.3 Å². The van der Waals surface area contributed by atoms with Gasteiger partial charge in [0.05, 0.1) is 5.54 Å². The van der Waals surface area contributed by atoms with Crippen molar-refractivity contribution in [3.05, 3.63) is 0 Å². The molecule has 106 valence electrons. The fourth-order valence-corrected chi connectivity index (χ4v) is 2.60. The maximum atomic E-state index is 11.6. The van der Waals surface area contributed by atoms with Crippen molar-refractivity contribution >= 4 is 5.91 Å². The first kappa shape index (κ1) is 15.4. The summed E-state index contributed by atoms with van der Waals surface area (Å²) in [7, 11) is 2.18. The van der Waals surface area contributed by atoms with Crippen LogP contribution in [0.3, 0.4) is 0 Å². The molecule has 18 heavy (non-hydrogen) atoms. The number of hydrogen-bond donors (Lipinski definition) is 2. The van der Waals surface area contributed by atoms with E-state index in [-0.39, 0.29) is 11.9 Å². The Morgan fingerprint density at radius 3 is 2.50 bits per heavy atom. The minimum atomic E-state index is -0.575. The molecule has 1 aliphatic rings. The van der Waals surface area contributed by atoms with E-state index in [0.29, 0.717) is 0 Å². The molecular weight excluding hydrogens is 226 g/mol. The van der Waals surface area contributed by atoms with Crippen molar-refractivity contribution in [3.63, 3.8) is 0 Å². The molecule has 0 aliphatic heterocycles. The van der Waals surface area contributed by atoms with Crippen molar-refractivity contribution in [1.29, 1.82) is 0 Å². The number of hydrogen-bond acceptors (Lipinski definition) is 3. The highest BCUT2D eigenvalue weighted by Gasteiger charge is 2.31. The highest BCUT2D eigenvalue weighted by molar-refractivity contribution is 5.84. The van der Waals surface area contributed by atoms with Gasteiger partial charge in [-0.3, -0.25) is 4.79 Å². The molecule has 3 N–H and O–H groups in total. The summed E-state index contributed by atoms with van der Waals surface area (Å²) in [5, 5.41) is 3.29. The van der Waals surface area contributed by atoms with Crippen molar-refractivity contribution in [1.82, 2.24) is 10.2 Å². The van der Waals surface area contributed by atoms with Crippen molar-refractivity contribution < 1.29 is 4.79 Å². The number of primary amides is 1. The van der Waals surface area contributed by atoms with E-state index in [1.54, 1.807) is 0 Å². The summed E-state index contributed by atoms with van der Waals surface area (Å²) >= 11 is 0. The standard InChI is InChI=1S/C14H29N3O/c1-11(2)16-14(3,13(15)18)9-6-10-17(4)12-7-5-8-12/h11-12,16H,5-10H2,1-4H3,(H2,15,18). The SMILES string of the molecule is CC(C)NC(C)(CCCN(C)C1CCC1)C(N)=O. The summed E-state index contributed by atoms with van der Waals surface area (Å²) in [6, 6.07) is 1.04. The van der Waals surface area contributed by atoms with Crippen LogP contribution in [0.2, 0.25) is 0 Å². The van der Waals surface area contributed by atoms with Crippen LogP contribution in [0.5, 0.6) is 0 Å². The Bertz CT molecular complexity index is 276. The van der Waals surface area contributed by atoms with E-state index in [1.807, 2.05) is 20.8 Å². The van der Waals surface area contributed by atoms with Gasteiger partial charge in [-0.25, -0.2) is 0 Å². The second-order valence-electron chi connectivity index (χ2n) is 6.16. The van der Waals surface area contributed by atoms with Crippen molar-refractivity contribution in [2.75, 3.05) is 13.6 Å². The second-order valence-corrected chi connectivity index (χ2v) is 6.16. The van der Waals surface area contributed by atoms with E-state index in [0.717, 1.165) is 25.4 Å². The molecule has 1 rings (SSSR count). The average molecular weight is 255 g/mol. The summed E-state index contributed by atoms with van der Waals surface area (Å²) in [6.07, 6.45) is 5.83. The molecule has 1 atom stereocenters. The van der Waals surface area contributed by atoms with Gasteiger partial charge < -0.3 is 16.0 Å². The highest BCUT2D eigenvalue weighted by atomic mass is 16.1. The lowest BCUT2D eigenvalue weighted by Crippen LogP contribution is -2.55. The van der Waals surface area contributed by atoms with Crippen LogP contribution in [-0.2, 0) is 4.79 Å². The molecule has 1 amide bonds. The normalized spacial score (nSPS) is 19.9. The van der Waals surface area contributed by atoms with Crippen LogP contribution in [0, 0.1) is 0 Å². The molecule has 1 saturated carbocycles. The largest absolute Gasteiger partial charge is 0.368 e. The third-order valence-corrected chi connectivity index (χ3v) is 4.04. The lowest BCUT2D eigenvalue weighted by molar-refractivity contribution is -0.124. The zero-order chi connectivity index (χ0) is 13.8. The number of nitrogens with two attached hydrogens (primary N) is 1. The third-order valence-electron chi connectivity index (χ3n) is 4.04. The van der Waals surface area contributed by atoms with Gasteiger partial charge in [0.25, 0.3) is 0 Å². The number of carbonyl (C=O) groups excluding carboxylic acids is 1. The van der Waals surface area contributed by atoms with E-state index >= 15 is 0 Å². The monoisotopic (exact) mass is 255 g/mol. The Kier molecular flexibility index (Phi) is 5.60. The molecule has 0 aromatic rings. The van der Waals surface area contributed by atoms with Gasteiger partial charge in [0, 0.05) is 12.1 Å².